The van der Waals surface area contributed by atoms with E-state index in [4.69, 9.17) is 11.6 Å². The zero-order valence-electron chi connectivity index (χ0n) is 12.9. The zero-order valence-corrected chi connectivity index (χ0v) is 13.6. The third kappa shape index (κ3) is 2.68. The molecule has 1 fully saturated rings. The molecule has 3 rings (SSSR count). The molecule has 2 nitrogen and oxygen atoms in total. The lowest BCUT2D eigenvalue weighted by molar-refractivity contribution is 0.282. The van der Waals surface area contributed by atoms with Gasteiger partial charge in [-0.2, -0.15) is 0 Å². The van der Waals surface area contributed by atoms with Crippen LogP contribution in [0.4, 0.5) is 4.39 Å². The first-order chi connectivity index (χ1) is 9.97. The molecule has 3 atom stereocenters. The molecule has 1 aliphatic carbocycles. The van der Waals surface area contributed by atoms with Gasteiger partial charge in [-0.3, -0.25) is 0 Å². The van der Waals surface area contributed by atoms with Gasteiger partial charge >= 0.3 is 0 Å². The number of hydrogen-bond acceptors (Lipinski definition) is 1. The molecule has 1 aromatic carbocycles. The van der Waals surface area contributed by atoms with Crippen molar-refractivity contribution in [1.29, 1.82) is 0 Å². The number of nitrogens with zero attached hydrogens (tertiary/aromatic N) is 2. The Morgan fingerprint density at radius 3 is 2.81 bits per heavy atom. The summed E-state index contributed by atoms with van der Waals surface area (Å²) >= 11 is 6.34. The molecule has 0 saturated heterocycles. The van der Waals surface area contributed by atoms with Crippen molar-refractivity contribution in [2.45, 2.75) is 57.9 Å². The van der Waals surface area contributed by atoms with Crippen LogP contribution in [0.25, 0.3) is 11.0 Å². The number of halogens is 2. The van der Waals surface area contributed by atoms with Gasteiger partial charge in [0, 0.05) is 12.1 Å². The maximum Gasteiger partial charge on any atom is 0.128 e. The smallest absolute Gasteiger partial charge is 0.128 e. The van der Waals surface area contributed by atoms with Crippen LogP contribution in [0.3, 0.4) is 0 Å². The van der Waals surface area contributed by atoms with Crippen LogP contribution in [0.5, 0.6) is 0 Å². The summed E-state index contributed by atoms with van der Waals surface area (Å²) in [6.45, 7) is 6.05. The van der Waals surface area contributed by atoms with Gasteiger partial charge in [0.25, 0.3) is 0 Å². The van der Waals surface area contributed by atoms with Gasteiger partial charge in [-0.05, 0) is 44.2 Å². The molecule has 0 bridgehead atoms. The maximum absolute atomic E-state index is 13.8. The number of fused-ring (bicyclic) bond motifs is 1. The topological polar surface area (TPSA) is 17.8 Å². The van der Waals surface area contributed by atoms with Crippen molar-refractivity contribution in [3.05, 3.63) is 29.3 Å². The zero-order chi connectivity index (χ0) is 15.1. The lowest BCUT2D eigenvalue weighted by Crippen LogP contribution is -2.19. The largest absolute Gasteiger partial charge is 0.324 e. The van der Waals surface area contributed by atoms with Crippen LogP contribution in [0, 0.1) is 18.7 Å². The van der Waals surface area contributed by atoms with Crippen LogP contribution in [-0.2, 0) is 0 Å². The van der Waals surface area contributed by atoms with Crippen molar-refractivity contribution in [2.24, 2.45) is 5.92 Å². The molecule has 1 aromatic heterocycles. The average Bonchev–Trinajstić information content (AvgIpc) is 2.78. The minimum atomic E-state index is -0.196. The summed E-state index contributed by atoms with van der Waals surface area (Å²) in [6.07, 6.45) is 4.84. The number of aromatic nitrogens is 2. The molecular weight excluding hydrogens is 287 g/mol. The predicted octanol–water partition coefficient (Wildman–Crippen LogP) is 5.53. The Morgan fingerprint density at radius 1 is 1.38 bits per heavy atom. The summed E-state index contributed by atoms with van der Waals surface area (Å²) in [5.41, 5.74) is 2.41. The quantitative estimate of drug-likeness (QED) is 0.666. The Labute approximate surface area is 130 Å². The van der Waals surface area contributed by atoms with E-state index in [-0.39, 0.29) is 11.2 Å². The highest BCUT2D eigenvalue weighted by Gasteiger charge is 2.26. The SMILES string of the molecule is Cc1cc2c(cc1F)nc(C(C)Cl)n2C1CCCC(C)C1. The Balaban J connectivity index is 2.17. The molecule has 1 heterocycles. The van der Waals surface area contributed by atoms with Gasteiger partial charge in [0.2, 0.25) is 0 Å². The number of alkyl halides is 1. The molecule has 0 spiro atoms. The van der Waals surface area contributed by atoms with E-state index in [0.717, 1.165) is 35.6 Å². The highest BCUT2D eigenvalue weighted by molar-refractivity contribution is 6.20. The molecule has 0 aliphatic heterocycles. The second kappa shape index (κ2) is 5.60. The van der Waals surface area contributed by atoms with E-state index in [2.05, 4.69) is 16.5 Å². The third-order valence-electron chi connectivity index (χ3n) is 4.63. The molecule has 2 aromatic rings. The van der Waals surface area contributed by atoms with Crippen LogP contribution in [0.1, 0.15) is 62.3 Å². The van der Waals surface area contributed by atoms with Crippen molar-refractivity contribution in [3.63, 3.8) is 0 Å². The van der Waals surface area contributed by atoms with Crippen LogP contribution < -0.4 is 0 Å². The van der Waals surface area contributed by atoms with Crippen molar-refractivity contribution in [1.82, 2.24) is 9.55 Å². The number of imidazole rings is 1. The normalized spacial score (nSPS) is 24.4. The van der Waals surface area contributed by atoms with Crippen LogP contribution in [0.2, 0.25) is 0 Å². The van der Waals surface area contributed by atoms with Gasteiger partial charge < -0.3 is 4.57 Å². The highest BCUT2D eigenvalue weighted by Crippen LogP contribution is 2.38. The number of rotatable bonds is 2. The van der Waals surface area contributed by atoms with E-state index in [0.29, 0.717) is 11.6 Å². The fraction of sp³-hybridized carbons (Fsp3) is 0.588. The summed E-state index contributed by atoms with van der Waals surface area (Å²) in [5.74, 6) is 1.40. The molecule has 4 heteroatoms. The lowest BCUT2D eigenvalue weighted by atomic mass is 9.86. The summed E-state index contributed by atoms with van der Waals surface area (Å²) in [5, 5.41) is -0.169. The average molecular weight is 309 g/mol. The van der Waals surface area contributed by atoms with E-state index in [1.165, 1.54) is 18.9 Å². The fourth-order valence-corrected chi connectivity index (χ4v) is 3.69. The van der Waals surface area contributed by atoms with Gasteiger partial charge in [-0.25, -0.2) is 9.37 Å². The van der Waals surface area contributed by atoms with E-state index < -0.39 is 0 Å². The van der Waals surface area contributed by atoms with E-state index in [1.807, 2.05) is 13.0 Å². The molecule has 114 valence electrons. The molecule has 3 unspecified atom stereocenters. The minimum absolute atomic E-state index is 0.169. The summed E-state index contributed by atoms with van der Waals surface area (Å²) < 4.78 is 16.1. The van der Waals surface area contributed by atoms with Crippen LogP contribution in [0.15, 0.2) is 12.1 Å². The van der Waals surface area contributed by atoms with E-state index in [9.17, 15) is 4.39 Å². The highest BCUT2D eigenvalue weighted by atomic mass is 35.5. The van der Waals surface area contributed by atoms with Gasteiger partial charge in [0.1, 0.15) is 11.6 Å². The summed E-state index contributed by atoms with van der Waals surface area (Å²) in [4.78, 5) is 4.61. The summed E-state index contributed by atoms with van der Waals surface area (Å²) in [7, 11) is 0. The molecule has 0 radical (unpaired) electrons. The number of hydrogen-bond donors (Lipinski definition) is 0. The molecule has 1 saturated carbocycles. The Bertz CT molecular complexity index is 662. The first-order valence-electron chi connectivity index (χ1n) is 7.79. The first-order valence-corrected chi connectivity index (χ1v) is 8.23. The Morgan fingerprint density at radius 2 is 2.14 bits per heavy atom. The second-order valence-corrected chi connectivity index (χ2v) is 7.13. The minimum Gasteiger partial charge on any atom is -0.324 e. The van der Waals surface area contributed by atoms with Crippen LogP contribution >= 0.6 is 11.6 Å². The molecule has 0 amide bonds. The summed E-state index contributed by atoms with van der Waals surface area (Å²) in [6, 6.07) is 3.88. The standard InChI is InChI=1S/C17H22ClFN2/c1-10-5-4-6-13(7-10)21-16-8-11(2)14(19)9-15(16)20-17(21)12(3)18/h8-10,12-13H,4-7H2,1-3H3. The fourth-order valence-electron chi connectivity index (χ4n) is 3.54. The van der Waals surface area contributed by atoms with Crippen molar-refractivity contribution < 1.29 is 4.39 Å². The van der Waals surface area contributed by atoms with Crippen molar-refractivity contribution in [3.8, 4) is 0 Å². The Hall–Kier alpha value is -1.09. The maximum atomic E-state index is 13.8. The monoisotopic (exact) mass is 308 g/mol. The second-order valence-electron chi connectivity index (χ2n) is 6.47. The molecular formula is C17H22ClFN2. The van der Waals surface area contributed by atoms with Gasteiger partial charge in [-0.15, -0.1) is 11.6 Å². The molecule has 1 aliphatic rings. The Kier molecular flexibility index (Phi) is 3.96. The van der Waals surface area contributed by atoms with Gasteiger partial charge in [-0.1, -0.05) is 19.8 Å². The predicted molar refractivity (Wildman–Crippen MR) is 85.4 cm³/mol. The van der Waals surface area contributed by atoms with Crippen molar-refractivity contribution in [2.75, 3.05) is 0 Å². The molecule has 0 N–H and O–H groups in total. The number of aryl methyl sites for hydroxylation is 1. The molecule has 21 heavy (non-hydrogen) atoms. The van der Waals surface area contributed by atoms with Crippen molar-refractivity contribution >= 4 is 22.6 Å². The van der Waals surface area contributed by atoms with Crippen LogP contribution in [-0.4, -0.2) is 9.55 Å². The van der Waals surface area contributed by atoms with E-state index >= 15 is 0 Å². The van der Waals surface area contributed by atoms with E-state index in [1.54, 1.807) is 6.92 Å². The lowest BCUT2D eigenvalue weighted by Gasteiger charge is -2.30. The van der Waals surface area contributed by atoms with Gasteiger partial charge in [0.05, 0.1) is 16.4 Å². The third-order valence-corrected chi connectivity index (χ3v) is 4.82. The first kappa shape index (κ1) is 14.8. The van der Waals surface area contributed by atoms with Gasteiger partial charge in [0.15, 0.2) is 0 Å². The number of benzene rings is 1.